The molecule has 1 rings (SSSR count). The van der Waals surface area contributed by atoms with E-state index in [9.17, 15) is 14.3 Å². The quantitative estimate of drug-likeness (QED) is 0.791. The molecule has 1 fully saturated rings. The third kappa shape index (κ3) is 8.21. The summed E-state index contributed by atoms with van der Waals surface area (Å²) >= 11 is 0. The monoisotopic (exact) mass is 305 g/mol. The Bertz CT molecular complexity index is 311. The minimum atomic E-state index is -0.579. The van der Waals surface area contributed by atoms with Crippen molar-refractivity contribution in [1.82, 2.24) is 5.32 Å². The third-order valence-corrected chi connectivity index (χ3v) is 3.36. The van der Waals surface area contributed by atoms with Gasteiger partial charge >= 0.3 is 6.09 Å². The van der Waals surface area contributed by atoms with Crippen LogP contribution in [0.5, 0.6) is 0 Å². The average Bonchev–Trinajstić information content (AvgIpc) is 2.35. The number of aliphatic hydroxyl groups excluding tert-OH is 1. The molecule has 2 N–H and O–H groups in total. The predicted molar refractivity (Wildman–Crippen MR) is 78.0 cm³/mol. The lowest BCUT2D eigenvalue weighted by molar-refractivity contribution is -0.0148. The molecule has 1 saturated carbocycles. The fourth-order valence-corrected chi connectivity index (χ4v) is 2.27. The van der Waals surface area contributed by atoms with Crippen molar-refractivity contribution in [3.8, 4) is 0 Å². The number of carbonyl (C=O) groups excluding carboxylic acids is 1. The van der Waals surface area contributed by atoms with Gasteiger partial charge in [-0.1, -0.05) is 0 Å². The SMILES string of the molecule is CC(C)(C)OC(=O)N[C@@H](CCF)CO[C@H]1CC[C@H](O)CC1. The Morgan fingerprint density at radius 3 is 2.48 bits per heavy atom. The van der Waals surface area contributed by atoms with Crippen molar-refractivity contribution in [2.75, 3.05) is 13.3 Å². The summed E-state index contributed by atoms with van der Waals surface area (Å²) in [6.07, 6.45) is 2.57. The smallest absolute Gasteiger partial charge is 0.407 e. The fraction of sp³-hybridized carbons (Fsp3) is 0.933. The van der Waals surface area contributed by atoms with E-state index in [2.05, 4.69) is 5.32 Å². The standard InChI is InChI=1S/C15H28FNO4/c1-15(2,3)21-14(19)17-11(8-9-16)10-20-13-6-4-12(18)5-7-13/h11-13,18H,4-10H2,1-3H3,(H,17,19)/t11-,12-,13-/m0/s1. The van der Waals surface area contributed by atoms with Gasteiger partial charge in [-0.15, -0.1) is 0 Å². The van der Waals surface area contributed by atoms with Crippen molar-refractivity contribution in [2.24, 2.45) is 0 Å². The van der Waals surface area contributed by atoms with Gasteiger partial charge in [0.1, 0.15) is 5.60 Å². The van der Waals surface area contributed by atoms with Gasteiger partial charge in [0, 0.05) is 0 Å². The zero-order chi connectivity index (χ0) is 15.9. The van der Waals surface area contributed by atoms with Crippen LogP contribution < -0.4 is 5.32 Å². The molecule has 0 aromatic heterocycles. The largest absolute Gasteiger partial charge is 0.444 e. The molecule has 5 nitrogen and oxygen atoms in total. The van der Waals surface area contributed by atoms with E-state index in [4.69, 9.17) is 9.47 Å². The van der Waals surface area contributed by atoms with Gasteiger partial charge in [0.25, 0.3) is 0 Å². The number of hydrogen-bond donors (Lipinski definition) is 2. The predicted octanol–water partition coefficient (Wildman–Crippen LogP) is 2.56. The van der Waals surface area contributed by atoms with Crippen molar-refractivity contribution in [3.05, 3.63) is 0 Å². The summed E-state index contributed by atoms with van der Waals surface area (Å²) in [4.78, 5) is 11.7. The third-order valence-electron chi connectivity index (χ3n) is 3.36. The molecule has 1 aliphatic carbocycles. The van der Waals surface area contributed by atoms with Crippen molar-refractivity contribution in [1.29, 1.82) is 0 Å². The zero-order valence-electron chi connectivity index (χ0n) is 13.2. The summed E-state index contributed by atoms with van der Waals surface area (Å²) < 4.78 is 23.5. The first kappa shape index (κ1) is 18.2. The van der Waals surface area contributed by atoms with Gasteiger partial charge in [-0.05, 0) is 52.9 Å². The first-order chi connectivity index (χ1) is 9.80. The molecule has 0 saturated heterocycles. The fourth-order valence-electron chi connectivity index (χ4n) is 2.27. The molecule has 21 heavy (non-hydrogen) atoms. The average molecular weight is 305 g/mol. The number of ether oxygens (including phenoxy) is 2. The molecule has 1 atom stereocenters. The maximum atomic E-state index is 12.6. The Kier molecular flexibility index (Phi) is 7.39. The van der Waals surface area contributed by atoms with E-state index in [-0.39, 0.29) is 25.2 Å². The van der Waals surface area contributed by atoms with Crippen molar-refractivity contribution >= 4 is 6.09 Å². The molecule has 1 amide bonds. The minimum absolute atomic E-state index is 0.0796. The Morgan fingerprint density at radius 1 is 1.33 bits per heavy atom. The molecule has 0 aromatic rings. The van der Waals surface area contributed by atoms with E-state index in [0.717, 1.165) is 25.7 Å². The molecule has 0 bridgehead atoms. The van der Waals surface area contributed by atoms with E-state index in [0.29, 0.717) is 0 Å². The molecule has 0 heterocycles. The number of rotatable bonds is 6. The Labute approximate surface area is 126 Å². The van der Waals surface area contributed by atoms with Crippen LogP contribution in [0.25, 0.3) is 0 Å². The molecular formula is C15H28FNO4. The van der Waals surface area contributed by atoms with Gasteiger partial charge in [-0.3, -0.25) is 4.39 Å². The number of alkyl carbamates (subject to hydrolysis) is 1. The lowest BCUT2D eigenvalue weighted by Crippen LogP contribution is -2.42. The molecule has 0 radical (unpaired) electrons. The number of amides is 1. The lowest BCUT2D eigenvalue weighted by atomic mass is 9.95. The summed E-state index contributed by atoms with van der Waals surface area (Å²) in [6.45, 7) is 5.08. The van der Waals surface area contributed by atoms with Gasteiger partial charge < -0.3 is 19.9 Å². The Hall–Kier alpha value is -0.880. The van der Waals surface area contributed by atoms with Crippen LogP contribution in [0.1, 0.15) is 52.9 Å². The van der Waals surface area contributed by atoms with Crippen LogP contribution in [0.2, 0.25) is 0 Å². The summed E-state index contributed by atoms with van der Waals surface area (Å²) in [5.74, 6) is 0. The molecule has 0 aromatic carbocycles. The first-order valence-corrected chi connectivity index (χ1v) is 7.65. The zero-order valence-corrected chi connectivity index (χ0v) is 13.2. The van der Waals surface area contributed by atoms with Crippen LogP contribution in [-0.4, -0.2) is 48.3 Å². The van der Waals surface area contributed by atoms with Gasteiger partial charge in [0.15, 0.2) is 0 Å². The first-order valence-electron chi connectivity index (χ1n) is 7.65. The molecule has 124 valence electrons. The van der Waals surface area contributed by atoms with Gasteiger partial charge in [-0.2, -0.15) is 0 Å². The summed E-state index contributed by atoms with van der Waals surface area (Å²) in [7, 11) is 0. The second kappa shape index (κ2) is 8.54. The van der Waals surface area contributed by atoms with Gasteiger partial charge in [-0.25, -0.2) is 4.79 Å². The minimum Gasteiger partial charge on any atom is -0.444 e. The number of hydrogen-bond acceptors (Lipinski definition) is 4. The number of aliphatic hydroxyl groups is 1. The number of carbonyl (C=O) groups is 1. The van der Waals surface area contributed by atoms with Crippen molar-refractivity contribution in [2.45, 2.75) is 76.7 Å². The normalized spacial score (nSPS) is 24.4. The molecule has 6 heteroatoms. The second-order valence-electron chi connectivity index (χ2n) is 6.58. The van der Waals surface area contributed by atoms with Crippen molar-refractivity contribution < 1.29 is 23.8 Å². The molecule has 0 aliphatic heterocycles. The molecule has 1 aliphatic rings. The topological polar surface area (TPSA) is 67.8 Å². The maximum Gasteiger partial charge on any atom is 0.407 e. The van der Waals surface area contributed by atoms with Crippen LogP contribution in [0, 0.1) is 0 Å². The van der Waals surface area contributed by atoms with E-state index in [1.54, 1.807) is 20.8 Å². The lowest BCUT2D eigenvalue weighted by Gasteiger charge is -2.28. The van der Waals surface area contributed by atoms with Gasteiger partial charge in [0.2, 0.25) is 0 Å². The molecule has 0 unspecified atom stereocenters. The number of nitrogens with one attached hydrogen (secondary N) is 1. The highest BCUT2D eigenvalue weighted by Crippen LogP contribution is 2.21. The highest BCUT2D eigenvalue weighted by Gasteiger charge is 2.23. The highest BCUT2D eigenvalue weighted by molar-refractivity contribution is 5.68. The van der Waals surface area contributed by atoms with Crippen LogP contribution in [-0.2, 0) is 9.47 Å². The van der Waals surface area contributed by atoms with Crippen LogP contribution in [0.3, 0.4) is 0 Å². The van der Waals surface area contributed by atoms with Crippen LogP contribution >= 0.6 is 0 Å². The molecular weight excluding hydrogens is 277 g/mol. The van der Waals surface area contributed by atoms with Crippen molar-refractivity contribution in [3.63, 3.8) is 0 Å². The second-order valence-corrected chi connectivity index (χ2v) is 6.58. The van der Waals surface area contributed by atoms with E-state index in [1.165, 1.54) is 0 Å². The Morgan fingerprint density at radius 2 is 1.95 bits per heavy atom. The molecule has 0 spiro atoms. The summed E-state index contributed by atoms with van der Waals surface area (Å²) in [5, 5.41) is 12.1. The maximum absolute atomic E-state index is 12.6. The highest BCUT2D eigenvalue weighted by atomic mass is 19.1. The van der Waals surface area contributed by atoms with Gasteiger partial charge in [0.05, 0.1) is 31.5 Å². The van der Waals surface area contributed by atoms with E-state index in [1.807, 2.05) is 0 Å². The summed E-state index contributed by atoms with van der Waals surface area (Å²) in [6, 6.07) is -0.392. The van der Waals surface area contributed by atoms with Crippen LogP contribution in [0.4, 0.5) is 9.18 Å². The number of alkyl halides is 1. The van der Waals surface area contributed by atoms with Crippen LogP contribution in [0.15, 0.2) is 0 Å². The van der Waals surface area contributed by atoms with E-state index >= 15 is 0 Å². The summed E-state index contributed by atoms with van der Waals surface area (Å²) in [5.41, 5.74) is -0.579. The van der Waals surface area contributed by atoms with E-state index < -0.39 is 24.4 Å². The number of halogens is 1. The Balaban J connectivity index is 2.33.